The largest absolute Gasteiger partial charge is 0.480 e. The molecule has 0 bridgehead atoms. The molecule has 188 valence electrons. The molecule has 1 atom stereocenters. The summed E-state index contributed by atoms with van der Waals surface area (Å²) in [7, 11) is 0. The number of carboxylic acids is 1. The fourth-order valence-corrected chi connectivity index (χ4v) is 4.84. The van der Waals surface area contributed by atoms with Crippen molar-refractivity contribution in [2.45, 2.75) is 19.0 Å². The van der Waals surface area contributed by atoms with Gasteiger partial charge in [0.2, 0.25) is 0 Å². The summed E-state index contributed by atoms with van der Waals surface area (Å²) in [5.74, 6) is -1.41. The Morgan fingerprint density at radius 1 is 0.711 bits per heavy atom. The molecule has 5 aromatic rings. The fourth-order valence-electron chi connectivity index (χ4n) is 4.71. The number of carbonyl (C=O) groups is 2. The van der Waals surface area contributed by atoms with Gasteiger partial charge in [0.05, 0.1) is 0 Å². The summed E-state index contributed by atoms with van der Waals surface area (Å²) < 4.78 is 0. The highest BCUT2D eigenvalue weighted by Crippen LogP contribution is 2.25. The smallest absolute Gasteiger partial charge is 0.326 e. The van der Waals surface area contributed by atoms with Crippen LogP contribution >= 0.6 is 11.6 Å². The molecule has 5 rings (SSSR count). The van der Waals surface area contributed by atoms with E-state index in [1.807, 2.05) is 97.1 Å². The number of halogens is 1. The van der Waals surface area contributed by atoms with Gasteiger partial charge in [0.15, 0.2) is 0 Å². The minimum absolute atomic E-state index is 0.155. The minimum Gasteiger partial charge on any atom is -0.480 e. The van der Waals surface area contributed by atoms with E-state index < -0.39 is 12.0 Å². The Bertz CT molecular complexity index is 1560. The molecule has 0 aromatic heterocycles. The summed E-state index contributed by atoms with van der Waals surface area (Å²) in [6.07, 6.45) is 0.175. The van der Waals surface area contributed by atoms with Gasteiger partial charge in [-0.25, -0.2) is 4.79 Å². The van der Waals surface area contributed by atoms with Gasteiger partial charge < -0.3 is 10.0 Å². The molecule has 0 unspecified atom stereocenters. The molecule has 0 aliphatic heterocycles. The number of hydrogen-bond acceptors (Lipinski definition) is 2. The molecule has 0 radical (unpaired) electrons. The van der Waals surface area contributed by atoms with Crippen molar-refractivity contribution in [1.29, 1.82) is 0 Å². The molecule has 0 aliphatic rings. The zero-order valence-corrected chi connectivity index (χ0v) is 21.4. The van der Waals surface area contributed by atoms with Crippen molar-refractivity contribution in [3.63, 3.8) is 0 Å². The van der Waals surface area contributed by atoms with Crippen LogP contribution < -0.4 is 0 Å². The Hall–Kier alpha value is -4.41. The number of hydrogen-bond donors (Lipinski definition) is 1. The van der Waals surface area contributed by atoms with Crippen LogP contribution in [0.15, 0.2) is 121 Å². The fraction of sp³-hybridized carbons (Fsp3) is 0.0909. The third-order valence-corrected chi connectivity index (χ3v) is 6.98. The van der Waals surface area contributed by atoms with E-state index >= 15 is 0 Å². The predicted molar refractivity (Wildman–Crippen MR) is 152 cm³/mol. The Balaban J connectivity index is 1.50. The molecule has 5 heteroatoms. The molecule has 1 amide bonds. The van der Waals surface area contributed by atoms with Crippen LogP contribution in [0.5, 0.6) is 0 Å². The van der Waals surface area contributed by atoms with E-state index in [1.165, 1.54) is 4.90 Å². The Kier molecular flexibility index (Phi) is 7.52. The standard InChI is InChI=1S/C33H26ClNO3/c34-29-19-17-27(18-20-29)32(36)35(22-28-11-6-10-26-9-4-5-12-30(26)28)31(33(37)38)21-23-13-15-25(16-14-23)24-7-2-1-3-8-24/h1-20,31H,21-22H2,(H,37,38)/t31-/m0/s1. The quantitative estimate of drug-likeness (QED) is 0.231. The van der Waals surface area contributed by atoms with Crippen LogP contribution in [0.4, 0.5) is 0 Å². The second-order valence-corrected chi connectivity index (χ2v) is 9.64. The maximum atomic E-state index is 13.8. The summed E-state index contributed by atoms with van der Waals surface area (Å²) in [4.78, 5) is 27.9. The average Bonchev–Trinajstić information content (AvgIpc) is 2.95. The molecule has 1 N–H and O–H groups in total. The number of carboxylic acid groups (broad SMARTS) is 1. The number of aliphatic carboxylic acids is 1. The van der Waals surface area contributed by atoms with Gasteiger partial charge in [0.1, 0.15) is 6.04 Å². The molecule has 5 aromatic carbocycles. The van der Waals surface area contributed by atoms with E-state index in [-0.39, 0.29) is 18.9 Å². The van der Waals surface area contributed by atoms with E-state index in [9.17, 15) is 14.7 Å². The lowest BCUT2D eigenvalue weighted by molar-refractivity contribution is -0.142. The first-order valence-electron chi connectivity index (χ1n) is 12.4. The Labute approximate surface area is 226 Å². The molecule has 0 saturated heterocycles. The zero-order valence-electron chi connectivity index (χ0n) is 20.6. The van der Waals surface area contributed by atoms with Gasteiger partial charge >= 0.3 is 5.97 Å². The van der Waals surface area contributed by atoms with Crippen LogP contribution in [0.3, 0.4) is 0 Å². The molecule has 0 aliphatic carbocycles. The van der Waals surface area contributed by atoms with Crippen LogP contribution in [0.2, 0.25) is 5.02 Å². The molecule has 4 nitrogen and oxygen atoms in total. The number of rotatable bonds is 8. The highest BCUT2D eigenvalue weighted by molar-refractivity contribution is 6.30. The van der Waals surface area contributed by atoms with E-state index in [4.69, 9.17) is 11.6 Å². The summed E-state index contributed by atoms with van der Waals surface area (Å²) in [6, 6.07) is 37.1. The number of benzene rings is 5. The van der Waals surface area contributed by atoms with Crippen molar-refractivity contribution in [3.8, 4) is 11.1 Å². The third kappa shape index (κ3) is 5.61. The van der Waals surface area contributed by atoms with Crippen LogP contribution in [0, 0.1) is 0 Å². The Morgan fingerprint density at radius 3 is 2.05 bits per heavy atom. The van der Waals surface area contributed by atoms with Gasteiger partial charge in [-0.05, 0) is 57.3 Å². The first-order valence-corrected chi connectivity index (χ1v) is 12.8. The van der Waals surface area contributed by atoms with E-state index in [2.05, 4.69) is 0 Å². The van der Waals surface area contributed by atoms with Gasteiger partial charge in [-0.3, -0.25) is 4.79 Å². The third-order valence-electron chi connectivity index (χ3n) is 6.72. The van der Waals surface area contributed by atoms with Gasteiger partial charge in [-0.1, -0.05) is 109 Å². The highest BCUT2D eigenvalue weighted by Gasteiger charge is 2.31. The SMILES string of the molecule is O=C(O)[C@H](Cc1ccc(-c2ccccc2)cc1)N(Cc1cccc2ccccc12)C(=O)c1ccc(Cl)cc1. The normalized spacial score (nSPS) is 11.7. The highest BCUT2D eigenvalue weighted by atomic mass is 35.5. The van der Waals surface area contributed by atoms with Crippen molar-refractivity contribution in [2.24, 2.45) is 0 Å². The molecule has 0 fully saturated rings. The number of nitrogens with zero attached hydrogens (tertiary/aromatic N) is 1. The van der Waals surface area contributed by atoms with E-state index in [0.29, 0.717) is 10.6 Å². The summed E-state index contributed by atoms with van der Waals surface area (Å²) in [6.45, 7) is 0.155. The van der Waals surface area contributed by atoms with Crippen molar-refractivity contribution < 1.29 is 14.7 Å². The van der Waals surface area contributed by atoms with Gasteiger partial charge in [-0.2, -0.15) is 0 Å². The summed E-state index contributed by atoms with van der Waals surface area (Å²) in [5.41, 5.74) is 4.25. The maximum absolute atomic E-state index is 13.8. The zero-order chi connectivity index (χ0) is 26.5. The lowest BCUT2D eigenvalue weighted by atomic mass is 9.98. The minimum atomic E-state index is -1.07. The second-order valence-electron chi connectivity index (χ2n) is 9.20. The van der Waals surface area contributed by atoms with E-state index in [0.717, 1.165) is 33.0 Å². The maximum Gasteiger partial charge on any atom is 0.326 e. The van der Waals surface area contributed by atoms with Crippen molar-refractivity contribution >= 4 is 34.2 Å². The van der Waals surface area contributed by atoms with Gasteiger partial charge in [-0.15, -0.1) is 0 Å². The van der Waals surface area contributed by atoms with Crippen LogP contribution in [-0.2, 0) is 17.8 Å². The van der Waals surface area contributed by atoms with E-state index in [1.54, 1.807) is 24.3 Å². The lowest BCUT2D eigenvalue weighted by Gasteiger charge is -2.30. The topological polar surface area (TPSA) is 57.6 Å². The van der Waals surface area contributed by atoms with Crippen molar-refractivity contribution in [1.82, 2.24) is 4.90 Å². The molecular formula is C33H26ClNO3. The molecule has 38 heavy (non-hydrogen) atoms. The second kappa shape index (κ2) is 11.3. The summed E-state index contributed by atoms with van der Waals surface area (Å²) in [5, 5.41) is 12.9. The summed E-state index contributed by atoms with van der Waals surface area (Å²) >= 11 is 6.05. The predicted octanol–water partition coefficient (Wildman–Crippen LogP) is 7.50. The first-order chi connectivity index (χ1) is 18.5. The van der Waals surface area contributed by atoms with Crippen LogP contribution in [-0.4, -0.2) is 27.9 Å². The Morgan fingerprint density at radius 2 is 1.34 bits per heavy atom. The van der Waals surface area contributed by atoms with Crippen LogP contribution in [0.1, 0.15) is 21.5 Å². The molecule has 0 saturated carbocycles. The number of amides is 1. The molecule has 0 spiro atoms. The molecule has 0 heterocycles. The van der Waals surface area contributed by atoms with Gasteiger partial charge in [0.25, 0.3) is 5.91 Å². The van der Waals surface area contributed by atoms with Crippen molar-refractivity contribution in [2.75, 3.05) is 0 Å². The first kappa shape index (κ1) is 25.2. The van der Waals surface area contributed by atoms with Crippen LogP contribution in [0.25, 0.3) is 21.9 Å². The lowest BCUT2D eigenvalue weighted by Crippen LogP contribution is -2.46. The van der Waals surface area contributed by atoms with Gasteiger partial charge in [0, 0.05) is 23.6 Å². The number of carbonyl (C=O) groups excluding carboxylic acids is 1. The number of fused-ring (bicyclic) bond motifs is 1. The monoisotopic (exact) mass is 519 g/mol. The van der Waals surface area contributed by atoms with Crippen molar-refractivity contribution in [3.05, 3.63) is 143 Å². The average molecular weight is 520 g/mol. The molecular weight excluding hydrogens is 494 g/mol.